The van der Waals surface area contributed by atoms with Crippen molar-refractivity contribution in [3.63, 3.8) is 0 Å². The minimum Gasteiger partial charge on any atom is -0.365 e. The second-order valence-corrected chi connectivity index (χ2v) is 8.32. The number of nitrogens with one attached hydrogen (secondary N) is 1. The van der Waals surface area contributed by atoms with E-state index in [1.54, 1.807) is 11.2 Å². The Morgan fingerprint density at radius 2 is 1.66 bits per heavy atom. The van der Waals surface area contributed by atoms with Gasteiger partial charge in [0.25, 0.3) is 5.91 Å². The highest BCUT2D eigenvalue weighted by molar-refractivity contribution is 5.95. The molecule has 0 bridgehead atoms. The fraction of sp³-hybridized carbons (Fsp3) is 0.320. The van der Waals surface area contributed by atoms with Crippen LogP contribution in [0.5, 0.6) is 0 Å². The molecule has 32 heavy (non-hydrogen) atoms. The first-order valence-corrected chi connectivity index (χ1v) is 11.0. The summed E-state index contributed by atoms with van der Waals surface area (Å²) in [6.07, 6.45) is 2.99. The van der Waals surface area contributed by atoms with Crippen LogP contribution in [0.2, 0.25) is 0 Å². The maximum absolute atomic E-state index is 13.1. The number of hydrogen-bond acceptors (Lipinski definition) is 4. The summed E-state index contributed by atoms with van der Waals surface area (Å²) in [5.41, 5.74) is 3.21. The maximum atomic E-state index is 13.1. The van der Waals surface area contributed by atoms with Gasteiger partial charge >= 0.3 is 0 Å². The molecule has 0 spiro atoms. The number of carbonyl (C=O) groups is 2. The first-order chi connectivity index (χ1) is 15.7. The number of fused-ring (bicyclic) bond motifs is 1. The van der Waals surface area contributed by atoms with Crippen LogP contribution in [-0.2, 0) is 22.7 Å². The first kappa shape index (κ1) is 20.5. The van der Waals surface area contributed by atoms with Gasteiger partial charge in [0.05, 0.1) is 25.2 Å². The summed E-state index contributed by atoms with van der Waals surface area (Å²) in [6.45, 7) is 2.09. The molecule has 3 aromatic rings. The van der Waals surface area contributed by atoms with Gasteiger partial charge in [0, 0.05) is 24.7 Å². The monoisotopic (exact) mass is 430 g/mol. The van der Waals surface area contributed by atoms with Crippen LogP contribution in [0.25, 0.3) is 0 Å². The Morgan fingerprint density at radius 3 is 2.38 bits per heavy atom. The molecule has 2 aliphatic heterocycles. The molecule has 5 rings (SSSR count). The molecule has 0 unspecified atom stereocenters. The number of nitrogens with zero attached hydrogens (tertiary/aromatic N) is 3. The van der Waals surface area contributed by atoms with E-state index in [1.807, 2.05) is 53.1 Å². The van der Waals surface area contributed by atoms with Crippen molar-refractivity contribution in [3.05, 3.63) is 83.9 Å². The van der Waals surface area contributed by atoms with Gasteiger partial charge in [-0.3, -0.25) is 9.59 Å². The molecule has 3 heterocycles. The van der Waals surface area contributed by atoms with Crippen LogP contribution in [0.4, 0.5) is 5.69 Å². The molecule has 0 aliphatic carbocycles. The second kappa shape index (κ2) is 8.96. The zero-order valence-corrected chi connectivity index (χ0v) is 17.8. The number of hydrogen-bond donors (Lipinski definition) is 1. The lowest BCUT2D eigenvalue weighted by molar-refractivity contribution is -0.121. The van der Waals surface area contributed by atoms with E-state index in [4.69, 9.17) is 4.74 Å². The highest BCUT2D eigenvalue weighted by Crippen LogP contribution is 2.29. The summed E-state index contributed by atoms with van der Waals surface area (Å²) >= 11 is 0. The number of likely N-dealkylation sites (tertiary alicyclic amines) is 1. The van der Waals surface area contributed by atoms with E-state index in [1.165, 1.54) is 0 Å². The molecular weight excluding hydrogens is 404 g/mol. The summed E-state index contributed by atoms with van der Waals surface area (Å²) in [5.74, 6) is -0.157. The molecule has 0 radical (unpaired) electrons. The first-order valence-electron chi connectivity index (χ1n) is 11.0. The Labute approximate surface area is 187 Å². The Hall–Kier alpha value is -3.45. The van der Waals surface area contributed by atoms with Crippen LogP contribution in [0.3, 0.4) is 0 Å². The highest BCUT2D eigenvalue weighted by atomic mass is 16.5. The van der Waals surface area contributed by atoms with Gasteiger partial charge in [-0.15, -0.1) is 0 Å². The molecule has 1 atom stereocenters. The normalized spacial score (nSPS) is 18.8. The van der Waals surface area contributed by atoms with Gasteiger partial charge in [-0.2, -0.15) is 0 Å². The molecule has 0 saturated carbocycles. The Morgan fingerprint density at radius 1 is 0.969 bits per heavy atom. The van der Waals surface area contributed by atoms with E-state index in [-0.39, 0.29) is 23.8 Å². The van der Waals surface area contributed by atoms with Crippen LogP contribution in [-0.4, -0.2) is 39.4 Å². The van der Waals surface area contributed by atoms with Crippen LogP contribution < -0.4 is 5.32 Å². The smallest absolute Gasteiger partial charge is 0.274 e. The summed E-state index contributed by atoms with van der Waals surface area (Å²) in [4.78, 5) is 31.9. The number of para-hydroxylation sites is 1. The summed E-state index contributed by atoms with van der Waals surface area (Å²) in [7, 11) is 0. The number of rotatable bonds is 4. The van der Waals surface area contributed by atoms with E-state index >= 15 is 0 Å². The molecule has 1 aromatic heterocycles. The van der Waals surface area contributed by atoms with Crippen molar-refractivity contribution < 1.29 is 14.3 Å². The van der Waals surface area contributed by atoms with Gasteiger partial charge in [-0.05, 0) is 30.5 Å². The summed E-state index contributed by atoms with van der Waals surface area (Å²) in [5, 5.41) is 2.97. The molecule has 164 valence electrons. The van der Waals surface area contributed by atoms with Crippen molar-refractivity contribution >= 4 is 17.5 Å². The molecule has 2 aromatic carbocycles. The quantitative estimate of drug-likeness (QED) is 0.686. The Bertz CT molecular complexity index is 1090. The molecule has 1 saturated heterocycles. The summed E-state index contributed by atoms with van der Waals surface area (Å²) in [6, 6.07) is 19.6. The van der Waals surface area contributed by atoms with E-state index < -0.39 is 0 Å². The maximum Gasteiger partial charge on any atom is 0.274 e. The number of aromatic nitrogens is 2. The van der Waals surface area contributed by atoms with Gasteiger partial charge in [-0.1, -0.05) is 48.5 Å². The third kappa shape index (κ3) is 4.16. The third-order valence-corrected chi connectivity index (χ3v) is 6.30. The molecule has 2 amide bonds. The van der Waals surface area contributed by atoms with Crippen LogP contribution in [0.15, 0.2) is 67.0 Å². The SMILES string of the molecule is O=C(Nc1ccccc1)C1CCN(C(=O)c2ncn3c2CO[C@@H](c2ccccc2)C3)CC1. The summed E-state index contributed by atoms with van der Waals surface area (Å²) < 4.78 is 8.07. The standard InChI is InChI=1S/C25H26N4O3/c30-24(27-20-9-5-2-6-10-20)19-11-13-28(14-12-19)25(31)23-21-16-32-22(15-29(21)17-26-23)18-7-3-1-4-8-18/h1-10,17,19,22H,11-16H2,(H,27,30)/t22-/m1/s1. The van der Waals surface area contributed by atoms with E-state index in [9.17, 15) is 9.59 Å². The number of carbonyl (C=O) groups excluding carboxylic acids is 2. The van der Waals surface area contributed by atoms with Crippen LogP contribution >= 0.6 is 0 Å². The number of ether oxygens (including phenoxy) is 1. The number of piperidine rings is 1. The molecule has 7 heteroatoms. The topological polar surface area (TPSA) is 76.5 Å². The fourth-order valence-corrected chi connectivity index (χ4v) is 4.44. The molecule has 1 N–H and O–H groups in total. The minimum atomic E-state index is -0.0925. The van der Waals surface area contributed by atoms with Crippen LogP contribution in [0.1, 0.15) is 40.7 Å². The van der Waals surface area contributed by atoms with Crippen molar-refractivity contribution in [1.29, 1.82) is 0 Å². The highest BCUT2D eigenvalue weighted by Gasteiger charge is 2.32. The average molecular weight is 431 g/mol. The Balaban J connectivity index is 1.20. The van der Waals surface area contributed by atoms with Gasteiger partial charge in [0.1, 0.15) is 6.10 Å². The van der Waals surface area contributed by atoms with Gasteiger partial charge in [-0.25, -0.2) is 4.98 Å². The van der Waals surface area contributed by atoms with Crippen molar-refractivity contribution in [3.8, 4) is 0 Å². The van der Waals surface area contributed by atoms with Crippen molar-refractivity contribution in [2.45, 2.75) is 32.1 Å². The lowest BCUT2D eigenvalue weighted by Gasteiger charge is -2.31. The molecule has 7 nitrogen and oxygen atoms in total. The minimum absolute atomic E-state index is 0.0167. The predicted molar refractivity (Wildman–Crippen MR) is 120 cm³/mol. The van der Waals surface area contributed by atoms with Gasteiger partial charge in [0.2, 0.25) is 5.91 Å². The van der Waals surface area contributed by atoms with E-state index in [0.29, 0.717) is 44.8 Å². The van der Waals surface area contributed by atoms with Crippen molar-refractivity contribution in [1.82, 2.24) is 14.5 Å². The van der Waals surface area contributed by atoms with Crippen LogP contribution in [0, 0.1) is 5.92 Å². The lowest BCUT2D eigenvalue weighted by atomic mass is 9.95. The zero-order valence-electron chi connectivity index (χ0n) is 17.8. The van der Waals surface area contributed by atoms with Gasteiger partial charge < -0.3 is 19.5 Å². The van der Waals surface area contributed by atoms with Crippen molar-refractivity contribution in [2.24, 2.45) is 5.92 Å². The third-order valence-electron chi connectivity index (χ3n) is 6.30. The molecule has 1 fully saturated rings. The zero-order chi connectivity index (χ0) is 21.9. The molecular formula is C25H26N4O3. The number of anilines is 1. The van der Waals surface area contributed by atoms with Crippen molar-refractivity contribution in [2.75, 3.05) is 18.4 Å². The number of imidazole rings is 1. The fourth-order valence-electron chi connectivity index (χ4n) is 4.44. The van der Waals surface area contributed by atoms with E-state index in [0.717, 1.165) is 16.9 Å². The number of amides is 2. The van der Waals surface area contributed by atoms with Gasteiger partial charge in [0.15, 0.2) is 5.69 Å². The Kier molecular flexibility index (Phi) is 5.73. The lowest BCUT2D eigenvalue weighted by Crippen LogP contribution is -2.42. The number of benzene rings is 2. The predicted octanol–water partition coefficient (Wildman–Crippen LogP) is 3.65. The van der Waals surface area contributed by atoms with E-state index in [2.05, 4.69) is 22.4 Å². The molecule has 2 aliphatic rings. The largest absolute Gasteiger partial charge is 0.365 e. The average Bonchev–Trinajstić information content (AvgIpc) is 3.28. The second-order valence-electron chi connectivity index (χ2n) is 8.32.